The Morgan fingerprint density at radius 1 is 1.09 bits per heavy atom. The van der Waals surface area contributed by atoms with Crippen molar-refractivity contribution in [2.75, 3.05) is 38.5 Å². The second-order valence-corrected chi connectivity index (χ2v) is 11.1. The number of nitrogens with zero attached hydrogens (tertiary/aromatic N) is 4. The van der Waals surface area contributed by atoms with Crippen LogP contribution >= 0.6 is 0 Å². The Kier molecular flexibility index (Phi) is 6.36. The van der Waals surface area contributed by atoms with E-state index in [2.05, 4.69) is 48.3 Å². The van der Waals surface area contributed by atoms with E-state index < -0.39 is 5.41 Å². The number of carbonyl (C=O) groups excluding carboxylic acids is 2. The normalized spacial score (nSPS) is 20.8. The van der Waals surface area contributed by atoms with Crippen LogP contribution in [0.2, 0.25) is 0 Å². The minimum absolute atomic E-state index is 0.0319. The number of benzene rings is 1. The summed E-state index contributed by atoms with van der Waals surface area (Å²) in [5.41, 5.74) is 1.18. The molecule has 1 unspecified atom stereocenters. The third-order valence-corrected chi connectivity index (χ3v) is 6.98. The van der Waals surface area contributed by atoms with Crippen LogP contribution in [-0.4, -0.2) is 64.5 Å². The lowest BCUT2D eigenvalue weighted by Gasteiger charge is -2.38. The number of carbonyl (C=O) groups is 2. The van der Waals surface area contributed by atoms with Crippen molar-refractivity contribution >= 4 is 17.5 Å². The van der Waals surface area contributed by atoms with Crippen LogP contribution in [0.15, 0.2) is 36.5 Å². The van der Waals surface area contributed by atoms with Crippen molar-refractivity contribution < 1.29 is 9.59 Å². The van der Waals surface area contributed by atoms with Gasteiger partial charge in [0.1, 0.15) is 5.82 Å². The van der Waals surface area contributed by atoms with Crippen LogP contribution in [-0.2, 0) is 10.3 Å². The highest BCUT2D eigenvalue weighted by atomic mass is 16.2. The van der Waals surface area contributed by atoms with Gasteiger partial charge in [0.05, 0.1) is 23.3 Å². The standard InChI is InChI=1S/C26H37N5O2/c1-25(2,17-23(33)30-13-11-29(5)12-14-30)16-22(32)20-18-27-31-24(20)28-21(15-26(31,3)4)19-9-7-6-8-10-19/h6-10,18,21,28H,11-17H2,1-5H3. The monoisotopic (exact) mass is 451 g/mol. The molecule has 0 aliphatic carbocycles. The minimum Gasteiger partial charge on any atom is -0.363 e. The summed E-state index contributed by atoms with van der Waals surface area (Å²) in [5, 5.41) is 8.16. The Hall–Kier alpha value is -2.67. The first-order valence-corrected chi connectivity index (χ1v) is 12.0. The Labute approximate surface area is 197 Å². The van der Waals surface area contributed by atoms with E-state index in [1.165, 1.54) is 5.56 Å². The van der Waals surface area contributed by atoms with Gasteiger partial charge in [0.15, 0.2) is 5.78 Å². The van der Waals surface area contributed by atoms with Crippen molar-refractivity contribution in [2.24, 2.45) is 5.41 Å². The first-order valence-electron chi connectivity index (χ1n) is 12.0. The summed E-state index contributed by atoms with van der Waals surface area (Å²) in [6.07, 6.45) is 3.25. The molecule has 7 nitrogen and oxygen atoms in total. The Morgan fingerprint density at radius 3 is 2.42 bits per heavy atom. The molecule has 4 rings (SSSR count). The molecule has 2 aliphatic heterocycles. The molecule has 0 radical (unpaired) electrons. The molecular formula is C26H37N5O2. The maximum absolute atomic E-state index is 13.4. The fourth-order valence-corrected chi connectivity index (χ4v) is 5.01. The van der Waals surface area contributed by atoms with Gasteiger partial charge in [-0.2, -0.15) is 5.10 Å². The number of nitrogens with one attached hydrogen (secondary N) is 1. The second kappa shape index (κ2) is 8.93. The van der Waals surface area contributed by atoms with Gasteiger partial charge in [0.2, 0.25) is 5.91 Å². The molecule has 2 aliphatic rings. The number of hydrogen-bond acceptors (Lipinski definition) is 5. The predicted octanol–water partition coefficient (Wildman–Crippen LogP) is 3.94. The molecule has 1 amide bonds. The number of anilines is 1. The Balaban J connectivity index is 1.48. The van der Waals surface area contributed by atoms with Crippen LogP contribution in [0.4, 0.5) is 5.82 Å². The van der Waals surface area contributed by atoms with Crippen molar-refractivity contribution in [3.05, 3.63) is 47.7 Å². The maximum atomic E-state index is 13.4. The molecule has 1 N–H and O–H groups in total. The highest BCUT2D eigenvalue weighted by Gasteiger charge is 2.37. The van der Waals surface area contributed by atoms with Crippen LogP contribution < -0.4 is 5.32 Å². The summed E-state index contributed by atoms with van der Waals surface area (Å²) in [6, 6.07) is 10.5. The van der Waals surface area contributed by atoms with E-state index in [9.17, 15) is 9.59 Å². The zero-order valence-electron chi connectivity index (χ0n) is 20.6. The van der Waals surface area contributed by atoms with Gasteiger partial charge >= 0.3 is 0 Å². The molecule has 0 saturated carbocycles. The molecule has 3 heterocycles. The topological polar surface area (TPSA) is 70.5 Å². The Bertz CT molecular complexity index is 1000. The van der Waals surface area contributed by atoms with E-state index in [-0.39, 0.29) is 23.3 Å². The molecule has 1 aromatic heterocycles. The van der Waals surface area contributed by atoms with Crippen molar-refractivity contribution in [1.82, 2.24) is 19.6 Å². The molecule has 1 fully saturated rings. The van der Waals surface area contributed by atoms with E-state index in [4.69, 9.17) is 0 Å². The zero-order valence-corrected chi connectivity index (χ0v) is 20.6. The highest BCUT2D eigenvalue weighted by molar-refractivity contribution is 6.01. The maximum Gasteiger partial charge on any atom is 0.223 e. The van der Waals surface area contributed by atoms with Crippen molar-refractivity contribution in [2.45, 2.75) is 58.5 Å². The van der Waals surface area contributed by atoms with Gasteiger partial charge < -0.3 is 15.1 Å². The van der Waals surface area contributed by atoms with E-state index in [1.54, 1.807) is 6.20 Å². The molecular weight excluding hydrogens is 414 g/mol. The van der Waals surface area contributed by atoms with E-state index in [0.717, 1.165) is 38.4 Å². The molecule has 1 aromatic carbocycles. The SMILES string of the molecule is CN1CCN(C(=O)CC(C)(C)CC(=O)c2cnn3c2NC(c2ccccc2)CC3(C)C)CC1. The van der Waals surface area contributed by atoms with Gasteiger partial charge in [-0.25, -0.2) is 4.68 Å². The lowest BCUT2D eigenvalue weighted by Crippen LogP contribution is -2.48. The van der Waals surface area contributed by atoms with Gasteiger partial charge in [-0.05, 0) is 38.3 Å². The van der Waals surface area contributed by atoms with Crippen LogP contribution in [0.3, 0.4) is 0 Å². The molecule has 7 heteroatoms. The fourth-order valence-electron chi connectivity index (χ4n) is 5.01. The fraction of sp³-hybridized carbons (Fsp3) is 0.577. The Morgan fingerprint density at radius 2 is 1.76 bits per heavy atom. The first kappa shape index (κ1) is 23.5. The largest absolute Gasteiger partial charge is 0.363 e. The van der Waals surface area contributed by atoms with Crippen molar-refractivity contribution in [3.8, 4) is 0 Å². The van der Waals surface area contributed by atoms with Crippen LogP contribution in [0.5, 0.6) is 0 Å². The van der Waals surface area contributed by atoms with Gasteiger partial charge in [-0.15, -0.1) is 0 Å². The highest BCUT2D eigenvalue weighted by Crippen LogP contribution is 2.41. The molecule has 2 aromatic rings. The van der Waals surface area contributed by atoms with Crippen molar-refractivity contribution in [3.63, 3.8) is 0 Å². The number of fused-ring (bicyclic) bond motifs is 1. The number of piperazine rings is 1. The van der Waals surface area contributed by atoms with Crippen LogP contribution in [0.25, 0.3) is 0 Å². The number of amides is 1. The first-order chi connectivity index (χ1) is 15.6. The average Bonchev–Trinajstić information content (AvgIpc) is 3.19. The quantitative estimate of drug-likeness (QED) is 0.674. The number of rotatable bonds is 6. The zero-order chi connectivity index (χ0) is 23.8. The van der Waals surface area contributed by atoms with Crippen molar-refractivity contribution in [1.29, 1.82) is 0 Å². The van der Waals surface area contributed by atoms with E-state index in [1.807, 2.05) is 41.6 Å². The summed E-state index contributed by atoms with van der Waals surface area (Å²) in [6.45, 7) is 11.7. The molecule has 1 saturated heterocycles. The third-order valence-electron chi connectivity index (χ3n) is 6.98. The number of likely N-dealkylation sites (N-methyl/N-ethyl adjacent to an activating group) is 1. The number of Topliss-reactive ketones (excluding diaryl/α,β-unsaturated/α-hetero) is 1. The summed E-state index contributed by atoms with van der Waals surface area (Å²) < 4.78 is 1.95. The molecule has 0 spiro atoms. The van der Waals surface area contributed by atoms with E-state index in [0.29, 0.717) is 18.4 Å². The summed E-state index contributed by atoms with van der Waals surface area (Å²) in [4.78, 5) is 30.5. The van der Waals surface area contributed by atoms with Crippen LogP contribution in [0, 0.1) is 5.41 Å². The summed E-state index contributed by atoms with van der Waals surface area (Å²) in [7, 11) is 2.08. The number of ketones is 1. The second-order valence-electron chi connectivity index (χ2n) is 11.1. The van der Waals surface area contributed by atoms with Gasteiger partial charge in [-0.3, -0.25) is 9.59 Å². The summed E-state index contributed by atoms with van der Waals surface area (Å²) >= 11 is 0. The minimum atomic E-state index is -0.421. The molecule has 0 bridgehead atoms. The smallest absolute Gasteiger partial charge is 0.223 e. The third kappa shape index (κ3) is 5.13. The number of aromatic nitrogens is 2. The molecule has 33 heavy (non-hydrogen) atoms. The van der Waals surface area contributed by atoms with Gasteiger partial charge in [0, 0.05) is 39.0 Å². The summed E-state index contributed by atoms with van der Waals surface area (Å²) in [5.74, 6) is 0.956. The lowest BCUT2D eigenvalue weighted by atomic mass is 9.82. The van der Waals surface area contributed by atoms with Gasteiger partial charge in [-0.1, -0.05) is 44.2 Å². The number of hydrogen-bond donors (Lipinski definition) is 1. The van der Waals surface area contributed by atoms with Crippen LogP contribution in [0.1, 0.15) is 68.9 Å². The molecule has 178 valence electrons. The predicted molar refractivity (Wildman–Crippen MR) is 130 cm³/mol. The van der Waals surface area contributed by atoms with Gasteiger partial charge in [0.25, 0.3) is 0 Å². The molecule has 1 atom stereocenters. The van der Waals surface area contributed by atoms with E-state index >= 15 is 0 Å². The lowest BCUT2D eigenvalue weighted by molar-refractivity contribution is -0.134. The average molecular weight is 452 g/mol.